The van der Waals surface area contributed by atoms with E-state index in [-0.39, 0.29) is 5.41 Å². The number of ether oxygens (including phenoxy) is 1. The van der Waals surface area contributed by atoms with Crippen molar-refractivity contribution < 1.29 is 14.6 Å². The van der Waals surface area contributed by atoms with Crippen LogP contribution in [-0.4, -0.2) is 17.8 Å². The number of benzene rings is 2. The molecule has 0 aliphatic carbocycles. The van der Waals surface area contributed by atoms with Crippen LogP contribution < -0.4 is 4.90 Å². The summed E-state index contributed by atoms with van der Waals surface area (Å²) in [6.45, 7) is 13.5. The fourth-order valence-corrected chi connectivity index (χ4v) is 4.68. The first-order valence-electron chi connectivity index (χ1n) is 9.57. The molecule has 28 heavy (non-hydrogen) atoms. The number of halogens is 1. The topological polar surface area (TPSA) is 49.8 Å². The lowest BCUT2D eigenvalue weighted by Crippen LogP contribution is -2.36. The van der Waals surface area contributed by atoms with Gasteiger partial charge in [-0.2, -0.15) is 0 Å². The molecule has 1 aliphatic rings. The first-order chi connectivity index (χ1) is 13.0. The van der Waals surface area contributed by atoms with Gasteiger partial charge in [-0.15, -0.1) is 0 Å². The van der Waals surface area contributed by atoms with Crippen LogP contribution in [0.25, 0.3) is 0 Å². The van der Waals surface area contributed by atoms with Crippen LogP contribution in [0.3, 0.4) is 0 Å². The van der Waals surface area contributed by atoms with Crippen LogP contribution in [0.4, 0.5) is 16.2 Å². The summed E-state index contributed by atoms with van der Waals surface area (Å²) in [7, 11) is 0. The van der Waals surface area contributed by atoms with E-state index in [1.807, 2.05) is 37.3 Å². The monoisotopic (exact) mass is 401 g/mol. The predicted octanol–water partition coefficient (Wildman–Crippen LogP) is 6.63. The van der Waals surface area contributed by atoms with Gasteiger partial charge in [0.25, 0.3) is 0 Å². The van der Waals surface area contributed by atoms with Crippen molar-refractivity contribution in [1.29, 1.82) is 0 Å². The second kappa shape index (κ2) is 7.09. The van der Waals surface area contributed by atoms with Gasteiger partial charge in [-0.3, -0.25) is 0 Å². The Hall–Kier alpha value is -2.04. The van der Waals surface area contributed by atoms with E-state index in [0.29, 0.717) is 29.6 Å². The molecule has 150 valence electrons. The number of hydrogen-bond donors (Lipinski definition) is 1. The molecule has 4 nitrogen and oxygen atoms in total. The van der Waals surface area contributed by atoms with Crippen molar-refractivity contribution >= 4 is 29.1 Å². The minimum Gasteiger partial charge on any atom is -0.464 e. The molecule has 0 fully saturated rings. The van der Waals surface area contributed by atoms with Gasteiger partial charge >= 0.3 is 6.09 Å². The summed E-state index contributed by atoms with van der Waals surface area (Å²) >= 11 is 6.89. The van der Waals surface area contributed by atoms with Gasteiger partial charge in [0, 0.05) is 17.6 Å². The van der Waals surface area contributed by atoms with Crippen LogP contribution in [0.2, 0.25) is 5.02 Å². The highest BCUT2D eigenvalue weighted by Gasteiger charge is 2.41. The SMILES string of the molecule is CCOCc1ccc2c(c1)N(C(=O)O)c1ccc(C(C)(C)C)c(Cl)c1C2(C)C. The summed E-state index contributed by atoms with van der Waals surface area (Å²) in [6.07, 6.45) is -1.02. The van der Waals surface area contributed by atoms with E-state index in [4.69, 9.17) is 16.3 Å². The molecular weight excluding hydrogens is 374 g/mol. The second-order valence-electron chi connectivity index (χ2n) is 8.80. The number of amides is 1. The molecule has 1 heterocycles. The van der Waals surface area contributed by atoms with Gasteiger partial charge in [-0.25, -0.2) is 9.69 Å². The van der Waals surface area contributed by atoms with Gasteiger partial charge in [-0.05, 0) is 41.2 Å². The van der Waals surface area contributed by atoms with Crippen LogP contribution >= 0.6 is 11.6 Å². The molecule has 0 spiro atoms. The van der Waals surface area contributed by atoms with E-state index in [0.717, 1.165) is 22.3 Å². The summed E-state index contributed by atoms with van der Waals surface area (Å²) in [5.41, 5.74) is 4.48. The van der Waals surface area contributed by atoms with E-state index in [9.17, 15) is 9.90 Å². The highest BCUT2D eigenvalue weighted by molar-refractivity contribution is 6.33. The summed E-state index contributed by atoms with van der Waals surface area (Å²) in [4.78, 5) is 13.6. The molecule has 2 aromatic carbocycles. The van der Waals surface area contributed by atoms with Gasteiger partial charge in [0.1, 0.15) is 0 Å². The number of fused-ring (bicyclic) bond motifs is 2. The number of rotatable bonds is 3. The predicted molar refractivity (Wildman–Crippen MR) is 114 cm³/mol. The molecule has 0 saturated carbocycles. The minimum absolute atomic E-state index is 0.141. The highest BCUT2D eigenvalue weighted by Crippen LogP contribution is 2.53. The van der Waals surface area contributed by atoms with Crippen LogP contribution in [0.1, 0.15) is 63.8 Å². The molecule has 1 aliphatic heterocycles. The zero-order valence-electron chi connectivity index (χ0n) is 17.4. The van der Waals surface area contributed by atoms with E-state index >= 15 is 0 Å². The van der Waals surface area contributed by atoms with E-state index in [2.05, 4.69) is 34.6 Å². The van der Waals surface area contributed by atoms with Gasteiger partial charge < -0.3 is 9.84 Å². The number of anilines is 2. The quantitative estimate of drug-likeness (QED) is 0.627. The van der Waals surface area contributed by atoms with E-state index < -0.39 is 11.5 Å². The average molecular weight is 402 g/mol. The molecule has 0 aromatic heterocycles. The molecule has 3 rings (SSSR count). The Morgan fingerprint density at radius 2 is 1.86 bits per heavy atom. The molecule has 0 bridgehead atoms. The Morgan fingerprint density at radius 1 is 1.18 bits per heavy atom. The van der Waals surface area contributed by atoms with Crippen LogP contribution in [0.5, 0.6) is 0 Å². The number of carbonyl (C=O) groups is 1. The minimum atomic E-state index is -1.02. The first-order valence-corrected chi connectivity index (χ1v) is 9.95. The van der Waals surface area contributed by atoms with E-state index in [1.54, 1.807) is 0 Å². The maximum atomic E-state index is 12.3. The Kier molecular flexibility index (Phi) is 5.24. The molecule has 0 unspecified atom stereocenters. The average Bonchev–Trinajstić information content (AvgIpc) is 2.58. The van der Waals surface area contributed by atoms with Crippen LogP contribution in [-0.2, 0) is 22.2 Å². The number of hydrogen-bond acceptors (Lipinski definition) is 2. The summed E-state index contributed by atoms with van der Waals surface area (Å²) < 4.78 is 5.51. The van der Waals surface area contributed by atoms with Crippen molar-refractivity contribution in [2.75, 3.05) is 11.5 Å². The number of carboxylic acid groups (broad SMARTS) is 1. The highest BCUT2D eigenvalue weighted by atomic mass is 35.5. The summed E-state index contributed by atoms with van der Waals surface area (Å²) in [5.74, 6) is 0. The van der Waals surface area contributed by atoms with Gasteiger partial charge in [-0.1, -0.05) is 64.4 Å². The normalized spacial score (nSPS) is 15.2. The van der Waals surface area contributed by atoms with Gasteiger partial charge in [0.05, 0.1) is 23.0 Å². The number of nitrogens with zero attached hydrogens (tertiary/aromatic N) is 1. The lowest BCUT2D eigenvalue weighted by atomic mass is 9.71. The van der Waals surface area contributed by atoms with Crippen molar-refractivity contribution in [3.05, 3.63) is 57.6 Å². The fraction of sp³-hybridized carbons (Fsp3) is 0.435. The largest absolute Gasteiger partial charge is 0.464 e. The summed E-state index contributed by atoms with van der Waals surface area (Å²) in [6, 6.07) is 9.75. The maximum Gasteiger partial charge on any atom is 0.416 e. The molecule has 0 saturated heterocycles. The molecule has 2 aromatic rings. The van der Waals surface area contributed by atoms with Crippen LogP contribution in [0.15, 0.2) is 30.3 Å². The third kappa shape index (κ3) is 3.29. The smallest absolute Gasteiger partial charge is 0.416 e. The Balaban J connectivity index is 2.28. The van der Waals surface area contributed by atoms with Crippen molar-refractivity contribution in [2.45, 2.75) is 59.0 Å². The zero-order valence-corrected chi connectivity index (χ0v) is 18.1. The van der Waals surface area contributed by atoms with E-state index in [1.165, 1.54) is 4.90 Å². The third-order valence-corrected chi connectivity index (χ3v) is 5.83. The van der Waals surface area contributed by atoms with Crippen molar-refractivity contribution in [1.82, 2.24) is 0 Å². The molecular formula is C23H28ClNO3. The molecule has 0 radical (unpaired) electrons. The van der Waals surface area contributed by atoms with Crippen molar-refractivity contribution in [3.63, 3.8) is 0 Å². The second-order valence-corrected chi connectivity index (χ2v) is 9.18. The first kappa shape index (κ1) is 20.7. The third-order valence-electron chi connectivity index (χ3n) is 5.43. The molecule has 5 heteroatoms. The fourth-order valence-electron chi connectivity index (χ4n) is 4.00. The molecule has 1 amide bonds. The Morgan fingerprint density at radius 3 is 2.43 bits per heavy atom. The Bertz CT molecular complexity index is 928. The molecule has 1 N–H and O–H groups in total. The lowest BCUT2D eigenvalue weighted by molar-refractivity contribution is 0.134. The van der Waals surface area contributed by atoms with Crippen molar-refractivity contribution in [3.8, 4) is 0 Å². The van der Waals surface area contributed by atoms with Crippen LogP contribution in [0, 0.1) is 0 Å². The Labute approximate surface area is 172 Å². The standard InChI is InChI=1S/C23H28ClNO3/c1-7-28-13-14-8-9-15-18(12-14)25(21(26)27)17-11-10-16(22(2,3)4)20(24)19(17)23(15,5)6/h8-12H,7,13H2,1-6H3,(H,26,27). The lowest BCUT2D eigenvalue weighted by Gasteiger charge is -2.41. The van der Waals surface area contributed by atoms with Crippen molar-refractivity contribution in [2.24, 2.45) is 0 Å². The molecule has 0 atom stereocenters. The van der Waals surface area contributed by atoms with Gasteiger partial charge in [0.15, 0.2) is 0 Å². The van der Waals surface area contributed by atoms with Gasteiger partial charge in [0.2, 0.25) is 0 Å². The zero-order chi connectivity index (χ0) is 20.9. The maximum absolute atomic E-state index is 12.3. The summed E-state index contributed by atoms with van der Waals surface area (Å²) in [5, 5.41) is 10.7.